The summed E-state index contributed by atoms with van der Waals surface area (Å²) < 4.78 is 40.2. The Morgan fingerprint density at radius 1 is 1.25 bits per heavy atom. The molecule has 1 aromatic carbocycles. The molecular formula is C11H12F3NO. The van der Waals surface area contributed by atoms with E-state index in [-0.39, 0.29) is 5.75 Å². The first kappa shape index (κ1) is 11.1. The van der Waals surface area contributed by atoms with Crippen molar-refractivity contribution in [2.24, 2.45) is 5.92 Å². The van der Waals surface area contributed by atoms with Gasteiger partial charge in [-0.1, -0.05) is 12.1 Å². The van der Waals surface area contributed by atoms with E-state index in [2.05, 4.69) is 10.1 Å². The van der Waals surface area contributed by atoms with Gasteiger partial charge in [-0.25, -0.2) is 0 Å². The van der Waals surface area contributed by atoms with Gasteiger partial charge in [0.05, 0.1) is 5.69 Å². The second kappa shape index (κ2) is 4.23. The summed E-state index contributed by atoms with van der Waals surface area (Å²) in [7, 11) is 0. The molecule has 0 aromatic heterocycles. The molecule has 0 radical (unpaired) electrons. The zero-order chi connectivity index (χ0) is 11.6. The van der Waals surface area contributed by atoms with Crippen LogP contribution in [0.1, 0.15) is 12.8 Å². The van der Waals surface area contributed by atoms with E-state index in [0.717, 1.165) is 12.8 Å². The molecule has 1 aliphatic rings. The van der Waals surface area contributed by atoms with Gasteiger partial charge in [0.25, 0.3) is 0 Å². The maximum absolute atomic E-state index is 12.1. The highest BCUT2D eigenvalue weighted by Crippen LogP contribution is 2.33. The monoisotopic (exact) mass is 231 g/mol. The molecule has 0 saturated heterocycles. The predicted octanol–water partition coefficient (Wildman–Crippen LogP) is 3.41. The molecule has 0 unspecified atom stereocenters. The molecule has 0 bridgehead atoms. The smallest absolute Gasteiger partial charge is 0.404 e. The van der Waals surface area contributed by atoms with Gasteiger partial charge in [0.2, 0.25) is 0 Å². The van der Waals surface area contributed by atoms with E-state index in [1.54, 1.807) is 12.1 Å². The quantitative estimate of drug-likeness (QED) is 0.857. The fourth-order valence-electron chi connectivity index (χ4n) is 1.40. The number of hydrogen-bond acceptors (Lipinski definition) is 2. The number of nitrogens with one attached hydrogen (secondary N) is 1. The van der Waals surface area contributed by atoms with E-state index in [4.69, 9.17) is 0 Å². The van der Waals surface area contributed by atoms with E-state index < -0.39 is 6.36 Å². The van der Waals surface area contributed by atoms with Crippen molar-refractivity contribution >= 4 is 5.69 Å². The maximum Gasteiger partial charge on any atom is 0.573 e. The lowest BCUT2D eigenvalue weighted by atomic mass is 10.3. The molecule has 0 aliphatic heterocycles. The van der Waals surface area contributed by atoms with Gasteiger partial charge in [-0.3, -0.25) is 0 Å². The van der Waals surface area contributed by atoms with E-state index in [9.17, 15) is 13.2 Å². The van der Waals surface area contributed by atoms with Crippen LogP contribution in [-0.2, 0) is 0 Å². The number of ether oxygens (including phenoxy) is 1. The third kappa shape index (κ3) is 3.32. The number of benzene rings is 1. The van der Waals surface area contributed by atoms with Crippen LogP contribution in [0.5, 0.6) is 5.75 Å². The number of anilines is 1. The van der Waals surface area contributed by atoms with Gasteiger partial charge in [-0.2, -0.15) is 0 Å². The second-order valence-electron chi connectivity index (χ2n) is 3.87. The fourth-order valence-corrected chi connectivity index (χ4v) is 1.40. The highest BCUT2D eigenvalue weighted by atomic mass is 19.4. The molecule has 0 amide bonds. The van der Waals surface area contributed by atoms with Crippen LogP contribution in [0.4, 0.5) is 18.9 Å². The highest BCUT2D eigenvalue weighted by Gasteiger charge is 2.32. The Bertz CT molecular complexity index is 360. The topological polar surface area (TPSA) is 21.3 Å². The van der Waals surface area contributed by atoms with Crippen LogP contribution < -0.4 is 10.1 Å². The minimum absolute atomic E-state index is 0.171. The molecule has 2 nitrogen and oxygen atoms in total. The van der Waals surface area contributed by atoms with Crippen molar-refractivity contribution in [3.05, 3.63) is 24.3 Å². The van der Waals surface area contributed by atoms with Crippen molar-refractivity contribution in [3.63, 3.8) is 0 Å². The highest BCUT2D eigenvalue weighted by molar-refractivity contribution is 5.56. The summed E-state index contributed by atoms with van der Waals surface area (Å²) >= 11 is 0. The lowest BCUT2D eigenvalue weighted by Crippen LogP contribution is -2.18. The lowest BCUT2D eigenvalue weighted by molar-refractivity contribution is -0.274. The zero-order valence-corrected chi connectivity index (χ0v) is 8.55. The van der Waals surface area contributed by atoms with Crippen LogP contribution in [-0.4, -0.2) is 12.9 Å². The summed E-state index contributed by atoms with van der Waals surface area (Å²) in [4.78, 5) is 0. The van der Waals surface area contributed by atoms with E-state index >= 15 is 0 Å². The summed E-state index contributed by atoms with van der Waals surface area (Å²) in [5.74, 6) is 0.426. The average Bonchev–Trinajstić information content (AvgIpc) is 2.98. The van der Waals surface area contributed by atoms with Gasteiger partial charge in [0, 0.05) is 6.54 Å². The normalized spacial score (nSPS) is 15.9. The van der Waals surface area contributed by atoms with Crippen molar-refractivity contribution in [3.8, 4) is 5.75 Å². The summed E-state index contributed by atoms with van der Waals surface area (Å²) in [6.07, 6.45) is -2.35. The molecule has 1 saturated carbocycles. The molecule has 0 spiro atoms. The maximum atomic E-state index is 12.1. The molecular weight excluding hydrogens is 219 g/mol. The zero-order valence-electron chi connectivity index (χ0n) is 8.55. The molecule has 5 heteroatoms. The minimum atomic E-state index is -4.64. The second-order valence-corrected chi connectivity index (χ2v) is 3.87. The third-order valence-corrected chi connectivity index (χ3v) is 2.39. The Morgan fingerprint density at radius 2 is 1.94 bits per heavy atom. The van der Waals surface area contributed by atoms with Gasteiger partial charge in [-0.05, 0) is 30.9 Å². The Balaban J connectivity index is 2.03. The average molecular weight is 231 g/mol. The lowest BCUT2D eigenvalue weighted by Gasteiger charge is -2.14. The molecule has 1 fully saturated rings. The first-order chi connectivity index (χ1) is 7.54. The van der Waals surface area contributed by atoms with Gasteiger partial charge >= 0.3 is 6.36 Å². The Kier molecular flexibility index (Phi) is 2.94. The minimum Gasteiger partial charge on any atom is -0.404 e. The van der Waals surface area contributed by atoms with Crippen LogP contribution in [0.3, 0.4) is 0 Å². The largest absolute Gasteiger partial charge is 0.573 e. The molecule has 1 N–H and O–H groups in total. The van der Waals surface area contributed by atoms with Gasteiger partial charge in [0.1, 0.15) is 0 Å². The molecule has 1 aliphatic carbocycles. The van der Waals surface area contributed by atoms with Crippen LogP contribution in [0, 0.1) is 5.92 Å². The first-order valence-electron chi connectivity index (χ1n) is 5.13. The molecule has 0 atom stereocenters. The van der Waals surface area contributed by atoms with Gasteiger partial charge in [-0.15, -0.1) is 13.2 Å². The fraction of sp³-hybridized carbons (Fsp3) is 0.455. The predicted molar refractivity (Wildman–Crippen MR) is 54.3 cm³/mol. The summed E-state index contributed by atoms with van der Waals surface area (Å²) in [6, 6.07) is 6.09. The Labute approximate surface area is 91.4 Å². The number of alkyl halides is 3. The summed E-state index contributed by atoms with van der Waals surface area (Å²) in [5.41, 5.74) is 0.395. The van der Waals surface area contributed by atoms with Crippen LogP contribution in [0.15, 0.2) is 24.3 Å². The van der Waals surface area contributed by atoms with Crippen molar-refractivity contribution in [1.29, 1.82) is 0 Å². The van der Waals surface area contributed by atoms with Crippen molar-refractivity contribution in [2.75, 3.05) is 11.9 Å². The van der Waals surface area contributed by atoms with Crippen molar-refractivity contribution in [2.45, 2.75) is 19.2 Å². The van der Waals surface area contributed by atoms with E-state index in [1.165, 1.54) is 12.1 Å². The van der Waals surface area contributed by atoms with E-state index in [1.807, 2.05) is 0 Å². The Morgan fingerprint density at radius 3 is 2.56 bits per heavy atom. The first-order valence-corrected chi connectivity index (χ1v) is 5.13. The summed E-state index contributed by atoms with van der Waals surface area (Å²) in [6.45, 7) is 0.707. The van der Waals surface area contributed by atoms with E-state index in [0.29, 0.717) is 18.2 Å². The molecule has 0 heterocycles. The van der Waals surface area contributed by atoms with Crippen LogP contribution in [0.2, 0.25) is 0 Å². The third-order valence-electron chi connectivity index (χ3n) is 2.39. The standard InChI is InChI=1S/C11H12F3NO/c12-11(13,14)16-10-4-2-1-3-9(10)15-7-8-5-6-8/h1-4,8,15H,5-7H2. The van der Waals surface area contributed by atoms with Crippen molar-refractivity contribution in [1.82, 2.24) is 0 Å². The summed E-state index contributed by atoms with van der Waals surface area (Å²) in [5, 5.41) is 2.97. The molecule has 16 heavy (non-hydrogen) atoms. The SMILES string of the molecule is FC(F)(F)Oc1ccccc1NCC1CC1. The number of halogens is 3. The number of para-hydroxylation sites is 2. The molecule has 2 rings (SSSR count). The van der Waals surface area contributed by atoms with Gasteiger partial charge in [0.15, 0.2) is 5.75 Å². The number of rotatable bonds is 4. The van der Waals surface area contributed by atoms with Gasteiger partial charge < -0.3 is 10.1 Å². The van der Waals surface area contributed by atoms with Crippen molar-refractivity contribution < 1.29 is 17.9 Å². The Hall–Kier alpha value is -1.39. The number of hydrogen-bond donors (Lipinski definition) is 1. The molecule has 88 valence electrons. The molecule has 1 aromatic rings. The van der Waals surface area contributed by atoms with Crippen LogP contribution >= 0.6 is 0 Å². The van der Waals surface area contributed by atoms with Crippen LogP contribution in [0.25, 0.3) is 0 Å².